The number of anilines is 1. The highest BCUT2D eigenvalue weighted by atomic mass is 16.6. The van der Waals surface area contributed by atoms with Gasteiger partial charge in [0.05, 0.1) is 23.1 Å². The van der Waals surface area contributed by atoms with Crippen molar-refractivity contribution in [3.05, 3.63) is 67.7 Å². The van der Waals surface area contributed by atoms with Crippen LogP contribution in [0.5, 0.6) is 0 Å². The highest BCUT2D eigenvalue weighted by Gasteiger charge is 2.17. The molecule has 174 valence electrons. The lowest BCUT2D eigenvalue weighted by Crippen LogP contribution is -2.35. The summed E-state index contributed by atoms with van der Waals surface area (Å²) in [5.41, 5.74) is 4.15. The highest BCUT2D eigenvalue weighted by Crippen LogP contribution is 2.22. The number of nitrogens with zero attached hydrogens (tertiary/aromatic N) is 3. The number of carbonyl (C=O) groups is 2. The van der Waals surface area contributed by atoms with Crippen LogP contribution >= 0.6 is 0 Å². The van der Waals surface area contributed by atoms with Crippen LogP contribution in [0.3, 0.4) is 0 Å². The van der Waals surface area contributed by atoms with Crippen LogP contribution < -0.4 is 11.1 Å². The molecule has 0 saturated carbocycles. The number of hydrogen-bond donors (Lipinski definition) is 1. The average molecular weight is 454 g/mol. The number of nitrogens with one attached hydrogen (secondary N) is 1. The fraction of sp³-hybridized carbons (Fsp3) is 0.348. The highest BCUT2D eigenvalue weighted by molar-refractivity contribution is 5.95. The second-order valence-corrected chi connectivity index (χ2v) is 8.10. The molecule has 1 heterocycles. The molecule has 0 aliphatic carbocycles. The van der Waals surface area contributed by atoms with E-state index in [9.17, 15) is 24.5 Å². The Balaban J connectivity index is 1.56. The number of fused-ring (bicyclic) bond motifs is 1. The van der Waals surface area contributed by atoms with Gasteiger partial charge in [0.25, 0.3) is 5.69 Å². The first-order valence-electron chi connectivity index (χ1n) is 10.5. The van der Waals surface area contributed by atoms with Crippen molar-refractivity contribution in [2.75, 3.05) is 18.9 Å². The Morgan fingerprint density at radius 2 is 1.82 bits per heavy atom. The van der Waals surface area contributed by atoms with Gasteiger partial charge in [-0.15, -0.1) is 0 Å². The maximum absolute atomic E-state index is 12.5. The third-order valence-electron chi connectivity index (χ3n) is 5.38. The number of rotatable bonds is 8. The van der Waals surface area contributed by atoms with E-state index in [-0.39, 0.29) is 42.6 Å². The van der Waals surface area contributed by atoms with E-state index in [1.54, 1.807) is 7.05 Å². The van der Waals surface area contributed by atoms with Crippen molar-refractivity contribution >= 4 is 34.3 Å². The maximum atomic E-state index is 12.5. The number of aryl methyl sites for hydroxylation is 4. The molecule has 0 unspecified atom stereocenters. The smallest absolute Gasteiger partial charge is 0.407 e. The molecule has 0 aliphatic rings. The molecule has 0 bridgehead atoms. The van der Waals surface area contributed by atoms with Crippen molar-refractivity contribution in [1.29, 1.82) is 0 Å². The molecule has 0 radical (unpaired) electrons. The average Bonchev–Trinajstić information content (AvgIpc) is 3.04. The molecule has 2 amide bonds. The maximum Gasteiger partial charge on any atom is 0.419 e. The molecule has 0 saturated heterocycles. The normalized spacial score (nSPS) is 10.9. The molecule has 33 heavy (non-hydrogen) atoms. The summed E-state index contributed by atoms with van der Waals surface area (Å²) in [6.07, 6.45) is 0.463. The van der Waals surface area contributed by atoms with Crippen LogP contribution in [-0.4, -0.2) is 39.8 Å². The quantitative estimate of drug-likeness (QED) is 0.411. The molecule has 0 spiro atoms. The first-order chi connectivity index (χ1) is 15.6. The van der Waals surface area contributed by atoms with Gasteiger partial charge in [-0.2, -0.15) is 0 Å². The predicted octanol–water partition coefficient (Wildman–Crippen LogP) is 3.31. The van der Waals surface area contributed by atoms with Gasteiger partial charge in [0.1, 0.15) is 0 Å². The van der Waals surface area contributed by atoms with Crippen molar-refractivity contribution < 1.29 is 18.9 Å². The Morgan fingerprint density at radius 1 is 1.15 bits per heavy atom. The lowest BCUT2D eigenvalue weighted by atomic mass is 10.1. The lowest BCUT2D eigenvalue weighted by molar-refractivity contribution is -0.384. The zero-order valence-electron chi connectivity index (χ0n) is 19.0. The first kappa shape index (κ1) is 23.7. The minimum atomic E-state index is -0.644. The van der Waals surface area contributed by atoms with Gasteiger partial charge in [-0.1, -0.05) is 17.7 Å². The summed E-state index contributed by atoms with van der Waals surface area (Å²) in [6.45, 7) is 5.94. The van der Waals surface area contributed by atoms with Gasteiger partial charge >= 0.3 is 5.76 Å². The van der Waals surface area contributed by atoms with Crippen LogP contribution in [-0.2, 0) is 16.1 Å². The SMILES string of the molecule is Cc1cc(C)c(NC(=O)CN(C)C(=O)CCCn2c(=O)oc3cc([N+](=O)[O-])ccc32)c(C)c1. The number of carbonyl (C=O) groups excluding carboxylic acids is 2. The van der Waals surface area contributed by atoms with E-state index >= 15 is 0 Å². The van der Waals surface area contributed by atoms with Crippen LogP contribution in [0.1, 0.15) is 29.5 Å². The van der Waals surface area contributed by atoms with E-state index in [0.717, 1.165) is 22.4 Å². The molecule has 10 nitrogen and oxygen atoms in total. The van der Waals surface area contributed by atoms with E-state index in [4.69, 9.17) is 4.42 Å². The molecule has 2 aromatic carbocycles. The number of amides is 2. The van der Waals surface area contributed by atoms with Crippen LogP contribution in [0.4, 0.5) is 11.4 Å². The molecule has 0 aliphatic heterocycles. The van der Waals surface area contributed by atoms with E-state index in [0.29, 0.717) is 11.9 Å². The summed E-state index contributed by atoms with van der Waals surface area (Å²) in [5, 5.41) is 13.8. The lowest BCUT2D eigenvalue weighted by Gasteiger charge is -2.18. The van der Waals surface area contributed by atoms with Crippen molar-refractivity contribution in [2.24, 2.45) is 0 Å². The summed E-state index contributed by atoms with van der Waals surface area (Å²) in [7, 11) is 1.55. The number of benzene rings is 2. The standard InChI is InChI=1S/C23H26N4O6/c1-14-10-15(2)22(16(3)11-14)24-20(28)13-25(4)21(29)6-5-9-26-18-8-7-17(27(31)32)12-19(18)33-23(26)30/h7-8,10-12H,5-6,9,13H2,1-4H3,(H,24,28). The summed E-state index contributed by atoms with van der Waals surface area (Å²) in [6, 6.07) is 7.91. The minimum Gasteiger partial charge on any atom is -0.407 e. The predicted molar refractivity (Wildman–Crippen MR) is 123 cm³/mol. The molecule has 10 heteroatoms. The van der Waals surface area contributed by atoms with Gasteiger partial charge in [-0.25, -0.2) is 4.79 Å². The third kappa shape index (κ3) is 5.46. The number of nitro benzene ring substituents is 1. The summed E-state index contributed by atoms with van der Waals surface area (Å²) in [4.78, 5) is 48.7. The van der Waals surface area contributed by atoms with Crippen LogP contribution in [0.2, 0.25) is 0 Å². The number of non-ortho nitro benzene ring substituents is 1. The van der Waals surface area contributed by atoms with Crippen molar-refractivity contribution in [1.82, 2.24) is 9.47 Å². The Hall–Kier alpha value is -3.95. The van der Waals surface area contributed by atoms with Gasteiger partial charge in [-0.05, 0) is 44.4 Å². The van der Waals surface area contributed by atoms with Crippen LogP contribution in [0.25, 0.3) is 11.1 Å². The Labute approximate surface area is 189 Å². The molecule has 3 aromatic rings. The van der Waals surface area contributed by atoms with Gasteiger partial charge in [0.2, 0.25) is 11.8 Å². The fourth-order valence-corrected chi connectivity index (χ4v) is 3.82. The molecule has 0 atom stereocenters. The monoisotopic (exact) mass is 454 g/mol. The molecular formula is C23H26N4O6. The fourth-order valence-electron chi connectivity index (χ4n) is 3.82. The topological polar surface area (TPSA) is 128 Å². The summed E-state index contributed by atoms with van der Waals surface area (Å²) < 4.78 is 6.42. The molecule has 1 aromatic heterocycles. The second kappa shape index (κ2) is 9.68. The molecule has 3 rings (SSSR count). The Bertz CT molecular complexity index is 1270. The van der Waals surface area contributed by atoms with Crippen LogP contribution in [0.15, 0.2) is 39.5 Å². The second-order valence-electron chi connectivity index (χ2n) is 8.10. The Kier molecular flexibility index (Phi) is 6.95. The van der Waals surface area contributed by atoms with E-state index in [2.05, 4.69) is 5.32 Å². The van der Waals surface area contributed by atoms with E-state index < -0.39 is 10.7 Å². The summed E-state index contributed by atoms with van der Waals surface area (Å²) >= 11 is 0. The van der Waals surface area contributed by atoms with Crippen molar-refractivity contribution in [2.45, 2.75) is 40.2 Å². The third-order valence-corrected chi connectivity index (χ3v) is 5.38. The zero-order chi connectivity index (χ0) is 24.3. The van der Waals surface area contributed by atoms with Crippen molar-refractivity contribution in [3.8, 4) is 0 Å². The van der Waals surface area contributed by atoms with Gasteiger partial charge < -0.3 is 14.6 Å². The van der Waals surface area contributed by atoms with Crippen LogP contribution in [0, 0.1) is 30.9 Å². The Morgan fingerprint density at radius 3 is 2.45 bits per heavy atom. The molecule has 0 fully saturated rings. The summed E-state index contributed by atoms with van der Waals surface area (Å²) in [5.74, 6) is -1.17. The number of nitro groups is 1. The van der Waals surface area contributed by atoms with E-state index in [1.807, 2.05) is 32.9 Å². The number of hydrogen-bond acceptors (Lipinski definition) is 6. The molecular weight excluding hydrogens is 428 g/mol. The van der Waals surface area contributed by atoms with Crippen molar-refractivity contribution in [3.63, 3.8) is 0 Å². The first-order valence-corrected chi connectivity index (χ1v) is 10.5. The van der Waals surface area contributed by atoms with Gasteiger partial charge in [-0.3, -0.25) is 24.3 Å². The number of likely N-dealkylation sites (N-methyl/N-ethyl adjacent to an activating group) is 1. The number of aromatic nitrogens is 1. The number of oxazole rings is 1. The van der Waals surface area contributed by atoms with Gasteiger partial charge in [0.15, 0.2) is 5.58 Å². The van der Waals surface area contributed by atoms with E-state index in [1.165, 1.54) is 27.7 Å². The minimum absolute atomic E-state index is 0.0934. The largest absolute Gasteiger partial charge is 0.419 e. The zero-order valence-corrected chi connectivity index (χ0v) is 19.0. The molecule has 1 N–H and O–H groups in total. The van der Waals surface area contributed by atoms with Gasteiger partial charge in [0, 0.05) is 31.8 Å².